The Kier molecular flexibility index (Phi) is 5.03. The minimum Gasteiger partial charge on any atom is -0.481 e. The van der Waals surface area contributed by atoms with Crippen molar-refractivity contribution < 1.29 is 14.7 Å². The number of nitrogens with one attached hydrogen (secondary N) is 1. The number of carboxylic acids is 1. The zero-order valence-electron chi connectivity index (χ0n) is 11.6. The van der Waals surface area contributed by atoms with Gasteiger partial charge in [-0.1, -0.05) is 19.9 Å². The molecule has 5 heteroatoms. The zero-order chi connectivity index (χ0) is 14.5. The highest BCUT2D eigenvalue weighted by molar-refractivity contribution is 5.93. The highest BCUT2D eigenvalue weighted by Crippen LogP contribution is 2.25. The van der Waals surface area contributed by atoms with Crippen LogP contribution in [0.1, 0.15) is 42.7 Å². The molecule has 1 heterocycles. The molecule has 2 N–H and O–H groups in total. The summed E-state index contributed by atoms with van der Waals surface area (Å²) in [4.78, 5) is 27.3. The topological polar surface area (TPSA) is 79.3 Å². The van der Waals surface area contributed by atoms with E-state index < -0.39 is 11.4 Å². The maximum absolute atomic E-state index is 12.0. The van der Waals surface area contributed by atoms with Crippen molar-refractivity contribution in [1.82, 2.24) is 10.3 Å². The Labute approximate surface area is 113 Å². The van der Waals surface area contributed by atoms with Crippen LogP contribution in [0.2, 0.25) is 0 Å². The van der Waals surface area contributed by atoms with E-state index in [9.17, 15) is 14.7 Å². The molecule has 0 saturated carbocycles. The maximum Gasteiger partial charge on any atom is 0.311 e. The molecule has 1 aromatic heterocycles. The lowest BCUT2D eigenvalue weighted by Crippen LogP contribution is -2.42. The highest BCUT2D eigenvalue weighted by Gasteiger charge is 2.35. The van der Waals surface area contributed by atoms with Crippen molar-refractivity contribution in [2.45, 2.75) is 33.6 Å². The first-order valence-corrected chi connectivity index (χ1v) is 6.40. The van der Waals surface area contributed by atoms with Crippen LogP contribution in [0.15, 0.2) is 18.3 Å². The normalized spacial score (nSPS) is 11.1. The number of amides is 1. The maximum atomic E-state index is 12.0. The highest BCUT2D eigenvalue weighted by atomic mass is 16.4. The van der Waals surface area contributed by atoms with E-state index in [0.29, 0.717) is 18.5 Å². The van der Waals surface area contributed by atoms with Gasteiger partial charge in [-0.05, 0) is 31.4 Å². The van der Waals surface area contributed by atoms with Crippen LogP contribution in [0.3, 0.4) is 0 Å². The number of carbonyl (C=O) groups is 2. The minimum atomic E-state index is -0.904. The molecule has 0 aliphatic heterocycles. The van der Waals surface area contributed by atoms with E-state index in [1.165, 1.54) is 0 Å². The summed E-state index contributed by atoms with van der Waals surface area (Å²) in [6.45, 7) is 5.54. The van der Waals surface area contributed by atoms with Gasteiger partial charge in [0.15, 0.2) is 0 Å². The SMILES string of the molecule is CCC(CC)(CNC(=O)c1ncccc1C)C(=O)O. The van der Waals surface area contributed by atoms with Crippen molar-refractivity contribution in [1.29, 1.82) is 0 Å². The number of aromatic nitrogens is 1. The van der Waals surface area contributed by atoms with Crippen LogP contribution in [-0.2, 0) is 4.79 Å². The van der Waals surface area contributed by atoms with Crippen molar-refractivity contribution in [2.24, 2.45) is 5.41 Å². The van der Waals surface area contributed by atoms with Gasteiger partial charge in [0.25, 0.3) is 5.91 Å². The molecule has 0 atom stereocenters. The number of nitrogens with zero attached hydrogens (tertiary/aromatic N) is 1. The molecule has 0 unspecified atom stereocenters. The molecular weight excluding hydrogens is 244 g/mol. The van der Waals surface area contributed by atoms with Gasteiger partial charge >= 0.3 is 5.97 Å². The molecule has 0 aliphatic carbocycles. The molecule has 0 saturated heterocycles. The molecule has 19 heavy (non-hydrogen) atoms. The summed E-state index contributed by atoms with van der Waals surface area (Å²) in [6.07, 6.45) is 2.49. The summed E-state index contributed by atoms with van der Waals surface area (Å²) in [7, 11) is 0. The molecule has 5 nitrogen and oxygen atoms in total. The average Bonchev–Trinajstić information content (AvgIpc) is 2.40. The second-order valence-corrected chi connectivity index (χ2v) is 4.64. The summed E-state index contributed by atoms with van der Waals surface area (Å²) in [6, 6.07) is 3.55. The Morgan fingerprint density at radius 3 is 2.47 bits per heavy atom. The van der Waals surface area contributed by atoms with Gasteiger partial charge in [-0.15, -0.1) is 0 Å². The van der Waals surface area contributed by atoms with Crippen LogP contribution in [0, 0.1) is 12.3 Å². The molecule has 0 aromatic carbocycles. The number of hydrogen-bond acceptors (Lipinski definition) is 3. The Bertz CT molecular complexity index is 468. The lowest BCUT2D eigenvalue weighted by atomic mass is 9.82. The number of carbonyl (C=O) groups excluding carboxylic acids is 1. The van der Waals surface area contributed by atoms with Gasteiger partial charge in [0.1, 0.15) is 5.69 Å². The summed E-state index contributed by atoms with van der Waals surface area (Å²) < 4.78 is 0. The third-order valence-corrected chi connectivity index (χ3v) is 3.62. The molecular formula is C14H20N2O3. The molecule has 0 spiro atoms. The molecule has 1 rings (SSSR count). The molecule has 0 bridgehead atoms. The van der Waals surface area contributed by atoms with E-state index in [1.54, 1.807) is 25.3 Å². The number of rotatable bonds is 6. The first-order chi connectivity index (χ1) is 8.96. The van der Waals surface area contributed by atoms with Crippen LogP contribution in [0.25, 0.3) is 0 Å². The fraction of sp³-hybridized carbons (Fsp3) is 0.500. The lowest BCUT2D eigenvalue weighted by Gasteiger charge is -2.26. The van der Waals surface area contributed by atoms with Gasteiger partial charge in [0, 0.05) is 12.7 Å². The number of pyridine rings is 1. The van der Waals surface area contributed by atoms with Gasteiger partial charge in [-0.25, -0.2) is 0 Å². The second kappa shape index (κ2) is 6.31. The molecule has 1 amide bonds. The zero-order valence-corrected chi connectivity index (χ0v) is 11.6. The van der Waals surface area contributed by atoms with Gasteiger partial charge in [0.05, 0.1) is 5.41 Å². The van der Waals surface area contributed by atoms with E-state index >= 15 is 0 Å². The number of aryl methyl sites for hydroxylation is 1. The Hall–Kier alpha value is -1.91. The smallest absolute Gasteiger partial charge is 0.311 e. The lowest BCUT2D eigenvalue weighted by molar-refractivity contribution is -0.149. The van der Waals surface area contributed by atoms with Crippen molar-refractivity contribution in [2.75, 3.05) is 6.54 Å². The largest absolute Gasteiger partial charge is 0.481 e. The predicted octanol–water partition coefficient (Wildman–Crippen LogP) is 2.01. The summed E-state index contributed by atoms with van der Waals surface area (Å²) in [5.41, 5.74) is 0.209. The summed E-state index contributed by atoms with van der Waals surface area (Å²) in [5.74, 6) is -1.21. The predicted molar refractivity (Wildman–Crippen MR) is 72.0 cm³/mol. The fourth-order valence-corrected chi connectivity index (χ4v) is 1.93. The van der Waals surface area contributed by atoms with Crippen LogP contribution in [0.4, 0.5) is 0 Å². The minimum absolute atomic E-state index is 0.115. The van der Waals surface area contributed by atoms with Crippen LogP contribution >= 0.6 is 0 Å². The Morgan fingerprint density at radius 2 is 2.00 bits per heavy atom. The van der Waals surface area contributed by atoms with Gasteiger partial charge in [-0.2, -0.15) is 0 Å². The third kappa shape index (κ3) is 3.30. The van der Waals surface area contributed by atoms with Crippen LogP contribution in [0.5, 0.6) is 0 Å². The fourth-order valence-electron chi connectivity index (χ4n) is 1.93. The third-order valence-electron chi connectivity index (χ3n) is 3.62. The number of carboxylic acid groups (broad SMARTS) is 1. The van der Waals surface area contributed by atoms with Crippen molar-refractivity contribution in [3.05, 3.63) is 29.6 Å². The van der Waals surface area contributed by atoms with E-state index in [1.807, 2.05) is 13.8 Å². The van der Waals surface area contributed by atoms with Gasteiger partial charge in [-0.3, -0.25) is 14.6 Å². The molecule has 0 aliphatic rings. The first kappa shape index (κ1) is 15.1. The second-order valence-electron chi connectivity index (χ2n) is 4.64. The van der Waals surface area contributed by atoms with E-state index in [4.69, 9.17) is 0 Å². The van der Waals surface area contributed by atoms with Gasteiger partial charge in [0.2, 0.25) is 0 Å². The summed E-state index contributed by atoms with van der Waals surface area (Å²) >= 11 is 0. The van der Waals surface area contributed by atoms with E-state index in [0.717, 1.165) is 5.56 Å². The van der Waals surface area contributed by atoms with Gasteiger partial charge < -0.3 is 10.4 Å². The molecule has 1 aromatic rings. The average molecular weight is 264 g/mol. The molecule has 104 valence electrons. The van der Waals surface area contributed by atoms with Crippen LogP contribution < -0.4 is 5.32 Å². The quantitative estimate of drug-likeness (QED) is 0.823. The van der Waals surface area contributed by atoms with Crippen LogP contribution in [-0.4, -0.2) is 28.5 Å². The number of hydrogen-bond donors (Lipinski definition) is 2. The van der Waals surface area contributed by atoms with E-state index in [2.05, 4.69) is 10.3 Å². The van der Waals surface area contributed by atoms with Crippen molar-refractivity contribution >= 4 is 11.9 Å². The molecule has 0 fully saturated rings. The van der Waals surface area contributed by atoms with Crippen molar-refractivity contribution in [3.63, 3.8) is 0 Å². The number of aliphatic carboxylic acids is 1. The Balaban J connectivity index is 2.79. The standard InChI is InChI=1S/C14H20N2O3/c1-4-14(5-2,13(18)19)9-16-12(17)11-10(3)7-6-8-15-11/h6-8H,4-5,9H2,1-3H3,(H,16,17)(H,18,19). The summed E-state index contributed by atoms with van der Waals surface area (Å²) in [5, 5.41) is 12.0. The monoisotopic (exact) mass is 264 g/mol. The molecule has 0 radical (unpaired) electrons. The van der Waals surface area contributed by atoms with Crippen molar-refractivity contribution in [3.8, 4) is 0 Å². The van der Waals surface area contributed by atoms with E-state index in [-0.39, 0.29) is 12.5 Å². The Morgan fingerprint density at radius 1 is 1.37 bits per heavy atom. The first-order valence-electron chi connectivity index (χ1n) is 6.40.